The molecule has 0 saturated carbocycles. The van der Waals surface area contributed by atoms with Gasteiger partial charge in [0.05, 0.1) is 0 Å². The highest BCUT2D eigenvalue weighted by Gasteiger charge is 2.07. The summed E-state index contributed by atoms with van der Waals surface area (Å²) in [5.74, 6) is 0. The summed E-state index contributed by atoms with van der Waals surface area (Å²) in [4.78, 5) is 0. The van der Waals surface area contributed by atoms with Crippen LogP contribution in [0.3, 0.4) is 0 Å². The van der Waals surface area contributed by atoms with Crippen molar-refractivity contribution in [3.63, 3.8) is 0 Å². The second kappa shape index (κ2) is 2.76. The minimum Gasteiger partial charge on any atom is -0.617 e. The molecule has 0 N–H and O–H groups in total. The number of fused-ring (bicyclic) bond motifs is 1. The van der Waals surface area contributed by atoms with E-state index in [1.807, 2.05) is 18.2 Å². The van der Waals surface area contributed by atoms with Crippen LogP contribution in [0.15, 0.2) is 36.4 Å². The van der Waals surface area contributed by atoms with Gasteiger partial charge in [-0.25, -0.2) is 0 Å². The molecule has 1 aromatic carbocycles. The van der Waals surface area contributed by atoms with Gasteiger partial charge in [-0.2, -0.15) is 9.99 Å². The molecule has 0 aliphatic heterocycles. The molecule has 0 saturated heterocycles. The third-order valence-corrected chi connectivity index (χ3v) is 1.91. The SMILES string of the molecule is N#Cc1ccc2ccccc2[n+]1[O-]. The normalized spacial score (nSPS) is 9.77. The van der Waals surface area contributed by atoms with E-state index in [-0.39, 0.29) is 5.69 Å². The van der Waals surface area contributed by atoms with Gasteiger partial charge in [0, 0.05) is 17.5 Å². The van der Waals surface area contributed by atoms with E-state index in [4.69, 9.17) is 5.26 Å². The fourth-order valence-electron chi connectivity index (χ4n) is 1.26. The number of aromatic nitrogens is 1. The third-order valence-electron chi connectivity index (χ3n) is 1.91. The van der Waals surface area contributed by atoms with Crippen LogP contribution in [0.4, 0.5) is 0 Å². The number of hydrogen-bond acceptors (Lipinski definition) is 2. The summed E-state index contributed by atoms with van der Waals surface area (Å²) in [6.45, 7) is 0. The minimum atomic E-state index is 0.124. The van der Waals surface area contributed by atoms with E-state index in [1.54, 1.807) is 18.2 Å². The van der Waals surface area contributed by atoms with Gasteiger partial charge in [-0.1, -0.05) is 12.1 Å². The van der Waals surface area contributed by atoms with Crippen molar-refractivity contribution in [2.45, 2.75) is 0 Å². The Labute approximate surface area is 75.0 Å². The van der Waals surface area contributed by atoms with Crippen molar-refractivity contribution >= 4 is 10.9 Å². The lowest BCUT2D eigenvalue weighted by Crippen LogP contribution is -2.30. The van der Waals surface area contributed by atoms with Crippen molar-refractivity contribution in [1.82, 2.24) is 0 Å². The fourth-order valence-corrected chi connectivity index (χ4v) is 1.26. The number of pyridine rings is 1. The number of rotatable bonds is 0. The Balaban J connectivity index is 2.89. The standard InChI is InChI=1S/C10H6N2O/c11-7-9-6-5-8-3-1-2-4-10(8)12(9)13/h1-6H. The maximum absolute atomic E-state index is 11.5. The van der Waals surface area contributed by atoms with Crippen LogP contribution in [0.5, 0.6) is 0 Å². The van der Waals surface area contributed by atoms with Crippen LogP contribution in [-0.2, 0) is 0 Å². The first-order valence-corrected chi connectivity index (χ1v) is 3.84. The fraction of sp³-hybridized carbons (Fsp3) is 0. The van der Waals surface area contributed by atoms with Gasteiger partial charge in [-0.15, -0.1) is 0 Å². The number of benzene rings is 1. The summed E-state index contributed by atoms with van der Waals surface area (Å²) in [6, 6.07) is 12.3. The molecule has 0 aliphatic rings. The zero-order valence-electron chi connectivity index (χ0n) is 6.77. The van der Waals surface area contributed by atoms with Gasteiger partial charge in [-0.3, -0.25) is 0 Å². The Morgan fingerprint density at radius 1 is 1.15 bits per heavy atom. The molecule has 2 rings (SSSR count). The van der Waals surface area contributed by atoms with E-state index in [9.17, 15) is 5.21 Å². The third kappa shape index (κ3) is 1.09. The second-order valence-corrected chi connectivity index (χ2v) is 2.68. The maximum atomic E-state index is 11.5. The van der Waals surface area contributed by atoms with Crippen LogP contribution in [0, 0.1) is 16.5 Å². The highest BCUT2D eigenvalue weighted by atomic mass is 16.5. The average Bonchev–Trinajstić information content (AvgIpc) is 2.19. The number of nitrogens with zero attached hydrogens (tertiary/aromatic N) is 2. The molecule has 2 aromatic rings. The highest BCUT2D eigenvalue weighted by molar-refractivity contribution is 5.75. The Morgan fingerprint density at radius 2 is 1.92 bits per heavy atom. The molecular formula is C10H6N2O. The van der Waals surface area contributed by atoms with Gasteiger partial charge >= 0.3 is 0 Å². The lowest BCUT2D eigenvalue weighted by Gasteiger charge is -2.01. The Bertz CT molecular complexity index is 500. The van der Waals surface area contributed by atoms with Crippen molar-refractivity contribution in [1.29, 1.82) is 5.26 Å². The molecule has 0 atom stereocenters. The lowest BCUT2D eigenvalue weighted by atomic mass is 10.2. The van der Waals surface area contributed by atoms with Crippen LogP contribution in [0.1, 0.15) is 5.69 Å². The maximum Gasteiger partial charge on any atom is 0.295 e. The molecule has 0 amide bonds. The smallest absolute Gasteiger partial charge is 0.295 e. The first-order chi connectivity index (χ1) is 6.33. The number of hydrogen-bond donors (Lipinski definition) is 0. The molecule has 13 heavy (non-hydrogen) atoms. The average molecular weight is 170 g/mol. The monoisotopic (exact) mass is 170 g/mol. The van der Waals surface area contributed by atoms with Gasteiger partial charge in [0.15, 0.2) is 6.07 Å². The summed E-state index contributed by atoms with van der Waals surface area (Å²) >= 11 is 0. The van der Waals surface area contributed by atoms with E-state index in [0.29, 0.717) is 10.2 Å². The van der Waals surface area contributed by atoms with Crippen molar-refractivity contribution in [3.8, 4) is 6.07 Å². The summed E-state index contributed by atoms with van der Waals surface area (Å²) in [6.07, 6.45) is 0. The molecule has 1 aromatic heterocycles. The van der Waals surface area contributed by atoms with Crippen molar-refractivity contribution in [3.05, 3.63) is 47.3 Å². The molecule has 3 heteroatoms. The molecule has 0 aliphatic carbocycles. The molecule has 0 fully saturated rings. The quantitative estimate of drug-likeness (QED) is 0.442. The molecule has 0 unspecified atom stereocenters. The minimum absolute atomic E-state index is 0.124. The van der Waals surface area contributed by atoms with E-state index >= 15 is 0 Å². The van der Waals surface area contributed by atoms with Crippen LogP contribution >= 0.6 is 0 Å². The summed E-state index contributed by atoms with van der Waals surface area (Å²) in [7, 11) is 0. The molecule has 0 radical (unpaired) electrons. The molecule has 3 nitrogen and oxygen atoms in total. The zero-order valence-corrected chi connectivity index (χ0v) is 6.77. The Hall–Kier alpha value is -2.08. The highest BCUT2D eigenvalue weighted by Crippen LogP contribution is 2.09. The van der Waals surface area contributed by atoms with Crippen molar-refractivity contribution in [2.24, 2.45) is 0 Å². The summed E-state index contributed by atoms with van der Waals surface area (Å²) < 4.78 is 0.648. The molecule has 1 heterocycles. The Morgan fingerprint density at radius 3 is 2.69 bits per heavy atom. The first-order valence-electron chi connectivity index (χ1n) is 3.84. The van der Waals surface area contributed by atoms with E-state index < -0.39 is 0 Å². The predicted molar refractivity (Wildman–Crippen MR) is 47.6 cm³/mol. The van der Waals surface area contributed by atoms with E-state index in [1.165, 1.54) is 6.07 Å². The van der Waals surface area contributed by atoms with Gasteiger partial charge in [0.1, 0.15) is 0 Å². The molecule has 0 bridgehead atoms. The second-order valence-electron chi connectivity index (χ2n) is 2.68. The van der Waals surface area contributed by atoms with E-state index in [0.717, 1.165) is 5.39 Å². The molecule has 62 valence electrons. The predicted octanol–water partition coefficient (Wildman–Crippen LogP) is 1.34. The lowest BCUT2D eigenvalue weighted by molar-refractivity contribution is -0.580. The number of nitriles is 1. The largest absolute Gasteiger partial charge is 0.617 e. The van der Waals surface area contributed by atoms with Gasteiger partial charge < -0.3 is 5.21 Å². The van der Waals surface area contributed by atoms with Crippen LogP contribution in [0.2, 0.25) is 0 Å². The molecule has 0 spiro atoms. The summed E-state index contributed by atoms with van der Waals surface area (Å²) in [5.41, 5.74) is 0.653. The van der Waals surface area contributed by atoms with Gasteiger partial charge in [-0.05, 0) is 12.1 Å². The van der Waals surface area contributed by atoms with Crippen LogP contribution in [0.25, 0.3) is 10.9 Å². The van der Waals surface area contributed by atoms with Crippen molar-refractivity contribution < 1.29 is 4.73 Å². The summed E-state index contributed by atoms with van der Waals surface area (Å²) in [5, 5.41) is 20.9. The van der Waals surface area contributed by atoms with Crippen LogP contribution < -0.4 is 4.73 Å². The van der Waals surface area contributed by atoms with Crippen LogP contribution in [-0.4, -0.2) is 0 Å². The van der Waals surface area contributed by atoms with Gasteiger partial charge in [0.2, 0.25) is 5.52 Å². The first kappa shape index (κ1) is 7.56. The zero-order chi connectivity index (χ0) is 9.26. The number of para-hydroxylation sites is 1. The van der Waals surface area contributed by atoms with Crippen molar-refractivity contribution in [2.75, 3.05) is 0 Å². The molecular weight excluding hydrogens is 164 g/mol. The topological polar surface area (TPSA) is 50.7 Å². The van der Waals surface area contributed by atoms with E-state index in [2.05, 4.69) is 0 Å². The van der Waals surface area contributed by atoms with Gasteiger partial charge in [0.25, 0.3) is 5.69 Å². The Kier molecular flexibility index (Phi) is 1.60.